The average Bonchev–Trinajstić information content (AvgIpc) is 3.24. The van der Waals surface area contributed by atoms with Crippen molar-refractivity contribution >= 4 is 77.2 Å². The summed E-state index contributed by atoms with van der Waals surface area (Å²) in [7, 11) is 0. The third-order valence-corrected chi connectivity index (χ3v) is 11.1. The van der Waals surface area contributed by atoms with Crippen LogP contribution >= 0.6 is 0 Å². The van der Waals surface area contributed by atoms with Crippen LogP contribution in [0.1, 0.15) is 0 Å². The molecule has 0 fully saturated rings. The van der Waals surface area contributed by atoms with Crippen LogP contribution in [0.4, 0.5) is 34.1 Å². The van der Waals surface area contributed by atoms with Crippen molar-refractivity contribution in [1.29, 1.82) is 0 Å². The molecular formula is C52H34N2. The largest absolute Gasteiger partial charge is 0.310 e. The molecule has 1 heterocycles. The van der Waals surface area contributed by atoms with E-state index < -0.39 is 0 Å². The van der Waals surface area contributed by atoms with E-state index in [0.717, 1.165) is 22.7 Å². The maximum absolute atomic E-state index is 2.44. The third-order valence-electron chi connectivity index (χ3n) is 11.1. The Bertz CT molecular complexity index is 3040. The monoisotopic (exact) mass is 686 g/mol. The van der Waals surface area contributed by atoms with Crippen LogP contribution in [0.3, 0.4) is 0 Å². The van der Waals surface area contributed by atoms with E-state index in [1.807, 2.05) is 0 Å². The minimum Gasteiger partial charge on any atom is -0.310 e. The summed E-state index contributed by atoms with van der Waals surface area (Å²) in [6.07, 6.45) is 0. The molecule has 54 heavy (non-hydrogen) atoms. The Kier molecular flexibility index (Phi) is 6.90. The van der Waals surface area contributed by atoms with Gasteiger partial charge in [-0.05, 0) is 115 Å². The van der Waals surface area contributed by atoms with Crippen molar-refractivity contribution < 1.29 is 0 Å². The molecule has 10 aromatic carbocycles. The van der Waals surface area contributed by atoms with E-state index in [9.17, 15) is 0 Å². The van der Waals surface area contributed by atoms with Gasteiger partial charge in [-0.15, -0.1) is 0 Å². The fourth-order valence-corrected chi connectivity index (χ4v) is 8.63. The molecule has 0 bridgehead atoms. The van der Waals surface area contributed by atoms with Crippen molar-refractivity contribution in [2.45, 2.75) is 0 Å². The zero-order valence-electron chi connectivity index (χ0n) is 29.5. The molecule has 0 N–H and O–H groups in total. The number of rotatable bonds is 5. The maximum atomic E-state index is 2.44. The number of hydrogen-bond donors (Lipinski definition) is 0. The van der Waals surface area contributed by atoms with Crippen molar-refractivity contribution in [3.8, 4) is 22.3 Å². The summed E-state index contributed by atoms with van der Waals surface area (Å²) in [5.74, 6) is 0. The van der Waals surface area contributed by atoms with Gasteiger partial charge in [0, 0.05) is 33.7 Å². The number of hydrogen-bond acceptors (Lipinski definition) is 2. The Labute approximate surface area is 314 Å². The fourth-order valence-electron chi connectivity index (χ4n) is 8.63. The maximum Gasteiger partial charge on any atom is 0.0547 e. The van der Waals surface area contributed by atoms with Crippen molar-refractivity contribution in [3.05, 3.63) is 206 Å². The minimum absolute atomic E-state index is 1.10. The van der Waals surface area contributed by atoms with E-state index in [1.165, 1.54) is 76.7 Å². The summed E-state index contributed by atoms with van der Waals surface area (Å²) in [6, 6.07) is 75.3. The molecule has 0 saturated heterocycles. The zero-order valence-corrected chi connectivity index (χ0v) is 29.5. The van der Waals surface area contributed by atoms with Gasteiger partial charge < -0.3 is 9.80 Å². The summed E-state index contributed by atoms with van der Waals surface area (Å²) in [5, 5.41) is 10.0. The number of nitrogens with zero attached hydrogens (tertiary/aromatic N) is 2. The summed E-state index contributed by atoms with van der Waals surface area (Å²) >= 11 is 0. The van der Waals surface area contributed by atoms with Gasteiger partial charge >= 0.3 is 0 Å². The molecule has 0 spiro atoms. The molecule has 0 aliphatic carbocycles. The van der Waals surface area contributed by atoms with Gasteiger partial charge in [0.15, 0.2) is 0 Å². The lowest BCUT2D eigenvalue weighted by Gasteiger charge is -2.34. The first-order valence-electron chi connectivity index (χ1n) is 18.6. The Morgan fingerprint density at radius 3 is 1.67 bits per heavy atom. The van der Waals surface area contributed by atoms with Crippen LogP contribution in [0.15, 0.2) is 206 Å². The summed E-state index contributed by atoms with van der Waals surface area (Å²) in [6.45, 7) is 0. The van der Waals surface area contributed by atoms with E-state index in [2.05, 4.69) is 216 Å². The van der Waals surface area contributed by atoms with Crippen LogP contribution in [0.25, 0.3) is 65.3 Å². The van der Waals surface area contributed by atoms with Gasteiger partial charge in [0.25, 0.3) is 0 Å². The summed E-state index contributed by atoms with van der Waals surface area (Å²) in [4.78, 5) is 4.82. The highest BCUT2D eigenvalue weighted by atomic mass is 15.2. The first-order chi connectivity index (χ1) is 26.8. The van der Waals surface area contributed by atoms with E-state index >= 15 is 0 Å². The molecule has 1 aliphatic rings. The number of fused-ring (bicyclic) bond motifs is 6. The summed E-state index contributed by atoms with van der Waals surface area (Å²) < 4.78 is 0. The lowest BCUT2D eigenvalue weighted by molar-refractivity contribution is 1.26. The Hall–Kier alpha value is -7.16. The molecule has 0 radical (unpaired) electrons. The van der Waals surface area contributed by atoms with Crippen molar-refractivity contribution in [2.24, 2.45) is 0 Å². The second-order valence-electron chi connectivity index (χ2n) is 14.2. The lowest BCUT2D eigenvalue weighted by atomic mass is 9.87. The van der Waals surface area contributed by atoms with Crippen LogP contribution in [-0.4, -0.2) is 0 Å². The highest BCUT2D eigenvalue weighted by Gasteiger charge is 2.27. The molecule has 0 atom stereocenters. The fraction of sp³-hybridized carbons (Fsp3) is 0. The van der Waals surface area contributed by atoms with Crippen LogP contribution in [-0.2, 0) is 0 Å². The first-order valence-corrected chi connectivity index (χ1v) is 18.6. The van der Waals surface area contributed by atoms with E-state index in [1.54, 1.807) is 0 Å². The number of benzene rings is 10. The predicted octanol–water partition coefficient (Wildman–Crippen LogP) is 14.9. The van der Waals surface area contributed by atoms with Crippen LogP contribution in [0.2, 0.25) is 0 Å². The minimum atomic E-state index is 1.10. The molecule has 2 heteroatoms. The third kappa shape index (κ3) is 4.81. The highest BCUT2D eigenvalue weighted by molar-refractivity contribution is 6.19. The molecule has 252 valence electrons. The Morgan fingerprint density at radius 1 is 0.333 bits per heavy atom. The zero-order chi connectivity index (χ0) is 35.6. The van der Waals surface area contributed by atoms with Gasteiger partial charge in [0.05, 0.1) is 11.4 Å². The SMILES string of the molecule is c1ccc2cc(N(c3ccc(-c4cccc5ccccc45)cc3)c3ccc(N4c5ccc6ccccc6c5-c5cccc6cccc4c56)cc3)ccc2c1. The van der Waals surface area contributed by atoms with E-state index in [-0.39, 0.29) is 0 Å². The molecule has 2 nitrogen and oxygen atoms in total. The molecular weight excluding hydrogens is 653 g/mol. The highest BCUT2D eigenvalue weighted by Crippen LogP contribution is 2.53. The van der Waals surface area contributed by atoms with Crippen LogP contribution in [0, 0.1) is 0 Å². The van der Waals surface area contributed by atoms with Crippen molar-refractivity contribution in [3.63, 3.8) is 0 Å². The smallest absolute Gasteiger partial charge is 0.0547 e. The van der Waals surface area contributed by atoms with Crippen molar-refractivity contribution in [1.82, 2.24) is 0 Å². The van der Waals surface area contributed by atoms with Gasteiger partial charge in [-0.3, -0.25) is 0 Å². The quantitative estimate of drug-likeness (QED) is 0.178. The molecule has 0 aromatic heterocycles. The van der Waals surface area contributed by atoms with Crippen molar-refractivity contribution in [2.75, 3.05) is 9.80 Å². The van der Waals surface area contributed by atoms with Gasteiger partial charge in [-0.1, -0.05) is 146 Å². The van der Waals surface area contributed by atoms with Gasteiger partial charge in [-0.2, -0.15) is 0 Å². The summed E-state index contributed by atoms with van der Waals surface area (Å²) in [5.41, 5.74) is 11.9. The second kappa shape index (κ2) is 12.2. The molecule has 1 aliphatic heterocycles. The lowest BCUT2D eigenvalue weighted by Crippen LogP contribution is -2.15. The van der Waals surface area contributed by atoms with Crippen LogP contribution < -0.4 is 9.80 Å². The molecule has 0 saturated carbocycles. The Morgan fingerprint density at radius 2 is 0.889 bits per heavy atom. The van der Waals surface area contributed by atoms with E-state index in [4.69, 9.17) is 0 Å². The van der Waals surface area contributed by atoms with E-state index in [0.29, 0.717) is 0 Å². The number of anilines is 6. The predicted molar refractivity (Wildman–Crippen MR) is 230 cm³/mol. The molecule has 11 rings (SSSR count). The second-order valence-corrected chi connectivity index (χ2v) is 14.2. The van der Waals surface area contributed by atoms with Crippen LogP contribution in [0.5, 0.6) is 0 Å². The Balaban J connectivity index is 1.05. The van der Waals surface area contributed by atoms with Gasteiger partial charge in [0.1, 0.15) is 0 Å². The molecule has 0 unspecified atom stereocenters. The van der Waals surface area contributed by atoms with Gasteiger partial charge in [0.2, 0.25) is 0 Å². The average molecular weight is 687 g/mol. The molecule has 10 aromatic rings. The first kappa shape index (κ1) is 30.5. The standard InChI is InChI=1S/C52H34N2/c1-2-13-40-34-44(28-22-35(40)10-1)53(41-26-23-38(24-27-41)46-19-7-14-36-11-3-5-17-45(36)46)42-29-31-43(32-30-42)54-49-21-9-16-39-15-8-20-48(51(39)49)52-47-18-6-4-12-37(47)25-33-50(52)54/h1-34H. The molecule has 0 amide bonds. The topological polar surface area (TPSA) is 6.48 Å². The van der Waals surface area contributed by atoms with Gasteiger partial charge in [-0.25, -0.2) is 0 Å². The normalized spacial score (nSPS) is 12.0.